The molecule has 0 saturated heterocycles. The third-order valence-corrected chi connectivity index (χ3v) is 4.04. The van der Waals surface area contributed by atoms with Gasteiger partial charge in [0.15, 0.2) is 0 Å². The quantitative estimate of drug-likeness (QED) is 0.620. The molecular formula is C15H21N3OS. The molecule has 0 amide bonds. The molecule has 0 fully saturated rings. The molecule has 0 unspecified atom stereocenters. The third kappa shape index (κ3) is 4.67. The van der Waals surface area contributed by atoms with E-state index < -0.39 is 0 Å². The second-order valence-electron chi connectivity index (χ2n) is 4.50. The molecule has 0 aliphatic heterocycles. The lowest BCUT2D eigenvalue weighted by Crippen LogP contribution is -2.16. The number of H-pyrrole nitrogens is 1. The standard InChI is InChI=1S/C15H21N3OS/c19-8-4-9-20-10-7-16-11-14-12-17-18-15(14)13-5-2-1-3-6-13/h1-3,5-6,12,16,19H,4,7-11H2,(H,17,18). The van der Waals surface area contributed by atoms with Crippen LogP contribution in [-0.2, 0) is 6.54 Å². The summed E-state index contributed by atoms with van der Waals surface area (Å²) in [4.78, 5) is 0. The van der Waals surface area contributed by atoms with Crippen LogP contribution in [0.15, 0.2) is 36.5 Å². The normalized spacial score (nSPS) is 10.8. The molecule has 0 spiro atoms. The van der Waals surface area contributed by atoms with Crippen LogP contribution in [0.1, 0.15) is 12.0 Å². The first-order valence-corrected chi connectivity index (χ1v) is 8.04. The number of hydrogen-bond acceptors (Lipinski definition) is 4. The van der Waals surface area contributed by atoms with E-state index in [1.165, 1.54) is 11.1 Å². The van der Waals surface area contributed by atoms with Crippen molar-refractivity contribution in [2.75, 3.05) is 24.7 Å². The lowest BCUT2D eigenvalue weighted by atomic mass is 10.1. The molecule has 0 atom stereocenters. The van der Waals surface area contributed by atoms with Crippen molar-refractivity contribution < 1.29 is 5.11 Å². The van der Waals surface area contributed by atoms with Crippen molar-refractivity contribution in [2.24, 2.45) is 0 Å². The summed E-state index contributed by atoms with van der Waals surface area (Å²) in [5.74, 6) is 2.09. The second-order valence-corrected chi connectivity index (χ2v) is 5.73. The van der Waals surface area contributed by atoms with Crippen molar-refractivity contribution in [3.8, 4) is 11.3 Å². The van der Waals surface area contributed by atoms with Gasteiger partial charge in [0.2, 0.25) is 0 Å². The van der Waals surface area contributed by atoms with E-state index in [4.69, 9.17) is 5.11 Å². The van der Waals surface area contributed by atoms with Gasteiger partial charge in [0.25, 0.3) is 0 Å². The Balaban J connectivity index is 1.76. The number of aromatic amines is 1. The maximum Gasteiger partial charge on any atom is 0.0695 e. The van der Waals surface area contributed by atoms with Crippen LogP contribution in [0.3, 0.4) is 0 Å². The van der Waals surface area contributed by atoms with Crippen LogP contribution in [0.2, 0.25) is 0 Å². The molecule has 0 aliphatic rings. The van der Waals surface area contributed by atoms with Crippen molar-refractivity contribution >= 4 is 11.8 Å². The molecule has 108 valence electrons. The highest BCUT2D eigenvalue weighted by molar-refractivity contribution is 7.99. The molecule has 0 saturated carbocycles. The summed E-state index contributed by atoms with van der Waals surface area (Å²) in [6.45, 7) is 2.08. The van der Waals surface area contributed by atoms with Crippen LogP contribution in [0, 0.1) is 0 Å². The molecule has 2 aromatic rings. The largest absolute Gasteiger partial charge is 0.396 e. The second kappa shape index (κ2) is 8.79. The van der Waals surface area contributed by atoms with E-state index in [1.54, 1.807) is 0 Å². The molecule has 0 radical (unpaired) electrons. The SMILES string of the molecule is OCCCSCCNCc1cn[nH]c1-c1ccccc1. The van der Waals surface area contributed by atoms with Crippen LogP contribution in [0.5, 0.6) is 0 Å². The van der Waals surface area contributed by atoms with Gasteiger partial charge in [0.1, 0.15) is 0 Å². The zero-order chi connectivity index (χ0) is 14.0. The number of aliphatic hydroxyl groups excluding tert-OH is 1. The third-order valence-electron chi connectivity index (χ3n) is 2.97. The Morgan fingerprint density at radius 2 is 2.05 bits per heavy atom. The number of nitrogens with one attached hydrogen (secondary N) is 2. The molecule has 5 heteroatoms. The molecule has 1 aromatic heterocycles. The van der Waals surface area contributed by atoms with Crippen LogP contribution < -0.4 is 5.32 Å². The maximum atomic E-state index is 8.69. The summed E-state index contributed by atoms with van der Waals surface area (Å²) in [6, 6.07) is 10.3. The minimum Gasteiger partial charge on any atom is -0.396 e. The van der Waals surface area contributed by atoms with Gasteiger partial charge >= 0.3 is 0 Å². The molecule has 20 heavy (non-hydrogen) atoms. The van der Waals surface area contributed by atoms with E-state index in [1.807, 2.05) is 36.2 Å². The predicted molar refractivity (Wildman–Crippen MR) is 84.8 cm³/mol. The van der Waals surface area contributed by atoms with Gasteiger partial charge in [-0.2, -0.15) is 16.9 Å². The number of thioether (sulfide) groups is 1. The Morgan fingerprint density at radius 3 is 2.85 bits per heavy atom. The molecule has 3 N–H and O–H groups in total. The fraction of sp³-hybridized carbons (Fsp3) is 0.400. The van der Waals surface area contributed by atoms with Gasteiger partial charge < -0.3 is 10.4 Å². The lowest BCUT2D eigenvalue weighted by molar-refractivity contribution is 0.296. The Labute approximate surface area is 124 Å². The number of hydrogen-bond donors (Lipinski definition) is 3. The number of aromatic nitrogens is 2. The number of nitrogens with zero attached hydrogens (tertiary/aromatic N) is 1. The van der Waals surface area contributed by atoms with Gasteiger partial charge in [0, 0.05) is 31.0 Å². The van der Waals surface area contributed by atoms with E-state index in [0.717, 1.165) is 36.7 Å². The fourth-order valence-corrected chi connectivity index (χ4v) is 2.76. The van der Waals surface area contributed by atoms with Gasteiger partial charge in [-0.05, 0) is 17.7 Å². The zero-order valence-electron chi connectivity index (χ0n) is 11.5. The number of benzene rings is 1. The smallest absolute Gasteiger partial charge is 0.0695 e. The summed E-state index contributed by atoms with van der Waals surface area (Å²) in [7, 11) is 0. The molecular weight excluding hydrogens is 270 g/mol. The van der Waals surface area contributed by atoms with E-state index in [-0.39, 0.29) is 6.61 Å². The van der Waals surface area contributed by atoms with E-state index in [2.05, 4.69) is 27.6 Å². The summed E-state index contributed by atoms with van der Waals surface area (Å²) >= 11 is 1.87. The van der Waals surface area contributed by atoms with E-state index in [0.29, 0.717) is 0 Å². The molecule has 0 aliphatic carbocycles. The van der Waals surface area contributed by atoms with Crippen molar-refractivity contribution in [1.82, 2.24) is 15.5 Å². The predicted octanol–water partition coefficient (Wildman–Crippen LogP) is 2.28. The summed E-state index contributed by atoms with van der Waals surface area (Å²) in [5.41, 5.74) is 3.45. The highest BCUT2D eigenvalue weighted by atomic mass is 32.2. The summed E-state index contributed by atoms with van der Waals surface area (Å²) < 4.78 is 0. The zero-order valence-corrected chi connectivity index (χ0v) is 12.3. The average Bonchev–Trinajstić information content (AvgIpc) is 2.96. The summed E-state index contributed by atoms with van der Waals surface area (Å²) in [5, 5.41) is 19.3. The number of rotatable bonds is 9. The minimum absolute atomic E-state index is 0.288. The molecule has 0 bridgehead atoms. The van der Waals surface area contributed by atoms with Crippen LogP contribution >= 0.6 is 11.8 Å². The Morgan fingerprint density at radius 1 is 1.20 bits per heavy atom. The van der Waals surface area contributed by atoms with Gasteiger partial charge in [-0.3, -0.25) is 5.10 Å². The summed E-state index contributed by atoms with van der Waals surface area (Å²) in [6.07, 6.45) is 2.76. The van der Waals surface area contributed by atoms with Gasteiger partial charge in [-0.1, -0.05) is 30.3 Å². The van der Waals surface area contributed by atoms with E-state index >= 15 is 0 Å². The minimum atomic E-state index is 0.288. The lowest BCUT2D eigenvalue weighted by Gasteiger charge is -2.05. The molecule has 4 nitrogen and oxygen atoms in total. The first kappa shape index (κ1) is 15.1. The van der Waals surface area contributed by atoms with Crippen molar-refractivity contribution in [1.29, 1.82) is 0 Å². The van der Waals surface area contributed by atoms with Crippen LogP contribution in [0.4, 0.5) is 0 Å². The highest BCUT2D eigenvalue weighted by Crippen LogP contribution is 2.20. The molecule has 1 aromatic carbocycles. The Kier molecular flexibility index (Phi) is 6.63. The highest BCUT2D eigenvalue weighted by Gasteiger charge is 2.06. The van der Waals surface area contributed by atoms with Crippen molar-refractivity contribution in [3.05, 3.63) is 42.1 Å². The first-order chi connectivity index (χ1) is 9.92. The van der Waals surface area contributed by atoms with Crippen LogP contribution in [0.25, 0.3) is 11.3 Å². The van der Waals surface area contributed by atoms with Gasteiger partial charge in [-0.25, -0.2) is 0 Å². The fourth-order valence-electron chi connectivity index (χ4n) is 1.94. The van der Waals surface area contributed by atoms with Crippen molar-refractivity contribution in [3.63, 3.8) is 0 Å². The Bertz CT molecular complexity index is 487. The Hall–Kier alpha value is -1.30. The topological polar surface area (TPSA) is 60.9 Å². The van der Waals surface area contributed by atoms with Gasteiger partial charge in [0.05, 0.1) is 11.9 Å². The molecule has 2 rings (SSSR count). The van der Waals surface area contributed by atoms with Gasteiger partial charge in [-0.15, -0.1) is 0 Å². The van der Waals surface area contributed by atoms with E-state index in [9.17, 15) is 0 Å². The average molecular weight is 291 g/mol. The monoisotopic (exact) mass is 291 g/mol. The first-order valence-electron chi connectivity index (χ1n) is 6.89. The van der Waals surface area contributed by atoms with Crippen molar-refractivity contribution in [2.45, 2.75) is 13.0 Å². The molecule has 1 heterocycles. The van der Waals surface area contributed by atoms with Crippen LogP contribution in [-0.4, -0.2) is 40.0 Å². The maximum absolute atomic E-state index is 8.69. The number of aliphatic hydroxyl groups is 1.